The zero-order chi connectivity index (χ0) is 18.2. The summed E-state index contributed by atoms with van der Waals surface area (Å²) in [6.07, 6.45) is 1.01. The highest BCUT2D eigenvalue weighted by atomic mass is 16.5. The first kappa shape index (κ1) is 17.7. The molecule has 0 amide bonds. The maximum Gasteiger partial charge on any atom is 0.225 e. The number of nitrogens with one attached hydrogen (secondary N) is 2. The molecule has 1 aromatic heterocycles. The van der Waals surface area contributed by atoms with Crippen LogP contribution in [0.5, 0.6) is 5.75 Å². The third-order valence-electron chi connectivity index (χ3n) is 3.78. The number of hydrogen-bond donors (Lipinski definition) is 2. The van der Waals surface area contributed by atoms with Crippen LogP contribution in [-0.2, 0) is 0 Å². The van der Waals surface area contributed by atoms with E-state index in [-0.39, 0.29) is 0 Å². The SMILES string of the molecule is CCCNc1nc(Nc2ccccc2OCC)cc(-c2ccccc2)n1. The number of para-hydroxylation sites is 2. The van der Waals surface area contributed by atoms with Crippen molar-refractivity contribution in [3.05, 3.63) is 60.7 Å². The molecule has 0 aliphatic heterocycles. The first-order valence-electron chi connectivity index (χ1n) is 8.97. The van der Waals surface area contributed by atoms with Crippen LogP contribution < -0.4 is 15.4 Å². The quantitative estimate of drug-likeness (QED) is 0.592. The summed E-state index contributed by atoms with van der Waals surface area (Å²) in [5.41, 5.74) is 2.81. The number of anilines is 3. The fourth-order valence-electron chi connectivity index (χ4n) is 2.57. The van der Waals surface area contributed by atoms with E-state index in [0.29, 0.717) is 12.6 Å². The second-order valence-electron chi connectivity index (χ2n) is 5.81. The minimum Gasteiger partial charge on any atom is -0.492 e. The molecule has 5 heteroatoms. The third kappa shape index (κ3) is 4.51. The molecule has 0 radical (unpaired) electrons. The van der Waals surface area contributed by atoms with Crippen molar-refractivity contribution in [3.63, 3.8) is 0 Å². The number of ether oxygens (including phenoxy) is 1. The first-order chi connectivity index (χ1) is 12.8. The van der Waals surface area contributed by atoms with Gasteiger partial charge in [-0.1, -0.05) is 49.4 Å². The monoisotopic (exact) mass is 348 g/mol. The Balaban J connectivity index is 1.95. The van der Waals surface area contributed by atoms with Crippen molar-refractivity contribution in [3.8, 4) is 17.0 Å². The maximum absolute atomic E-state index is 5.70. The minimum atomic E-state index is 0.612. The van der Waals surface area contributed by atoms with Crippen LogP contribution in [0.15, 0.2) is 60.7 Å². The van der Waals surface area contributed by atoms with Crippen LogP contribution in [0.25, 0.3) is 11.3 Å². The van der Waals surface area contributed by atoms with Crippen LogP contribution in [0.4, 0.5) is 17.5 Å². The lowest BCUT2D eigenvalue weighted by molar-refractivity contribution is 0.342. The van der Waals surface area contributed by atoms with Crippen LogP contribution >= 0.6 is 0 Å². The summed E-state index contributed by atoms with van der Waals surface area (Å²) in [6.45, 7) is 5.53. The maximum atomic E-state index is 5.70. The van der Waals surface area contributed by atoms with E-state index in [1.54, 1.807) is 0 Å². The average molecular weight is 348 g/mol. The van der Waals surface area contributed by atoms with E-state index >= 15 is 0 Å². The fourth-order valence-corrected chi connectivity index (χ4v) is 2.57. The zero-order valence-corrected chi connectivity index (χ0v) is 15.2. The lowest BCUT2D eigenvalue weighted by Crippen LogP contribution is -2.07. The van der Waals surface area contributed by atoms with Crippen LogP contribution in [0.1, 0.15) is 20.3 Å². The minimum absolute atomic E-state index is 0.612. The van der Waals surface area contributed by atoms with Gasteiger partial charge >= 0.3 is 0 Å². The van der Waals surface area contributed by atoms with E-state index in [0.717, 1.165) is 41.5 Å². The van der Waals surface area contributed by atoms with Gasteiger partial charge in [0, 0.05) is 18.2 Å². The van der Waals surface area contributed by atoms with Crippen LogP contribution in [0.2, 0.25) is 0 Å². The van der Waals surface area contributed by atoms with Gasteiger partial charge in [0.05, 0.1) is 18.0 Å². The highest BCUT2D eigenvalue weighted by molar-refractivity contribution is 5.69. The Kier molecular flexibility index (Phi) is 6.04. The molecule has 0 fully saturated rings. The molecule has 0 saturated heterocycles. The molecule has 0 aliphatic rings. The van der Waals surface area contributed by atoms with E-state index < -0.39 is 0 Å². The molecule has 3 aromatic rings. The lowest BCUT2D eigenvalue weighted by Gasteiger charge is -2.14. The normalized spacial score (nSPS) is 10.4. The zero-order valence-electron chi connectivity index (χ0n) is 15.2. The summed E-state index contributed by atoms with van der Waals surface area (Å²) in [6, 6.07) is 19.9. The average Bonchev–Trinajstić information content (AvgIpc) is 2.69. The molecule has 1 heterocycles. The molecule has 0 unspecified atom stereocenters. The van der Waals surface area contributed by atoms with Crippen LogP contribution in [0, 0.1) is 0 Å². The molecule has 0 aliphatic carbocycles. The molecule has 3 rings (SSSR count). The van der Waals surface area contributed by atoms with E-state index in [1.165, 1.54) is 0 Å². The summed E-state index contributed by atoms with van der Waals surface area (Å²) in [7, 11) is 0. The second kappa shape index (κ2) is 8.85. The highest BCUT2D eigenvalue weighted by Gasteiger charge is 2.09. The third-order valence-corrected chi connectivity index (χ3v) is 3.78. The first-order valence-corrected chi connectivity index (χ1v) is 8.97. The van der Waals surface area contributed by atoms with Crippen molar-refractivity contribution < 1.29 is 4.74 Å². The van der Waals surface area contributed by atoms with Gasteiger partial charge in [-0.15, -0.1) is 0 Å². The molecule has 0 spiro atoms. The Morgan fingerprint density at radius 1 is 0.923 bits per heavy atom. The molecule has 2 N–H and O–H groups in total. The number of rotatable bonds is 8. The van der Waals surface area contributed by atoms with E-state index in [2.05, 4.69) is 27.5 Å². The Labute approximate surface area is 154 Å². The van der Waals surface area contributed by atoms with Crippen LogP contribution in [0.3, 0.4) is 0 Å². The van der Waals surface area contributed by atoms with Gasteiger partial charge in [-0.25, -0.2) is 4.98 Å². The molecule has 0 bridgehead atoms. The standard InChI is InChI=1S/C21H24N4O/c1-3-14-22-21-24-18(16-10-6-5-7-11-16)15-20(25-21)23-17-12-8-9-13-19(17)26-4-2/h5-13,15H,3-4,14H2,1-2H3,(H2,22,23,24,25). The van der Waals surface area contributed by atoms with Gasteiger partial charge in [0.25, 0.3) is 0 Å². The second-order valence-corrected chi connectivity index (χ2v) is 5.81. The van der Waals surface area contributed by atoms with E-state index in [1.807, 2.05) is 67.6 Å². The number of nitrogens with zero attached hydrogens (tertiary/aromatic N) is 2. The largest absolute Gasteiger partial charge is 0.492 e. The van der Waals surface area contributed by atoms with Crippen molar-refractivity contribution >= 4 is 17.5 Å². The van der Waals surface area contributed by atoms with E-state index in [4.69, 9.17) is 4.74 Å². The molecular weight excluding hydrogens is 324 g/mol. The van der Waals surface area contributed by atoms with Crippen molar-refractivity contribution in [2.45, 2.75) is 20.3 Å². The van der Waals surface area contributed by atoms with E-state index in [9.17, 15) is 0 Å². The Morgan fingerprint density at radius 2 is 1.69 bits per heavy atom. The number of benzene rings is 2. The van der Waals surface area contributed by atoms with Crippen LogP contribution in [-0.4, -0.2) is 23.1 Å². The van der Waals surface area contributed by atoms with Gasteiger partial charge in [0.2, 0.25) is 5.95 Å². The topological polar surface area (TPSA) is 59.1 Å². The lowest BCUT2D eigenvalue weighted by atomic mass is 10.1. The van der Waals surface area contributed by atoms with Gasteiger partial charge in [-0.3, -0.25) is 0 Å². The highest BCUT2D eigenvalue weighted by Crippen LogP contribution is 2.29. The molecule has 2 aromatic carbocycles. The number of aromatic nitrogens is 2. The van der Waals surface area contributed by atoms with Gasteiger partial charge in [-0.05, 0) is 25.5 Å². The van der Waals surface area contributed by atoms with Crippen molar-refractivity contribution in [2.75, 3.05) is 23.8 Å². The molecule has 26 heavy (non-hydrogen) atoms. The summed E-state index contributed by atoms with van der Waals surface area (Å²) >= 11 is 0. The van der Waals surface area contributed by atoms with Crippen molar-refractivity contribution in [1.29, 1.82) is 0 Å². The van der Waals surface area contributed by atoms with Gasteiger partial charge < -0.3 is 15.4 Å². The predicted octanol–water partition coefficient (Wildman–Crippen LogP) is 5.11. The van der Waals surface area contributed by atoms with Crippen molar-refractivity contribution in [1.82, 2.24) is 9.97 Å². The number of hydrogen-bond acceptors (Lipinski definition) is 5. The fraction of sp³-hybridized carbons (Fsp3) is 0.238. The molecule has 134 valence electrons. The summed E-state index contributed by atoms with van der Waals surface area (Å²) in [4.78, 5) is 9.25. The van der Waals surface area contributed by atoms with Gasteiger partial charge in [0.1, 0.15) is 11.6 Å². The van der Waals surface area contributed by atoms with Crippen molar-refractivity contribution in [2.24, 2.45) is 0 Å². The van der Waals surface area contributed by atoms with Gasteiger partial charge in [0.15, 0.2) is 0 Å². The molecule has 0 atom stereocenters. The van der Waals surface area contributed by atoms with Gasteiger partial charge in [-0.2, -0.15) is 4.98 Å². The summed E-state index contributed by atoms with van der Waals surface area (Å²) in [5, 5.41) is 6.65. The molecular formula is C21H24N4O. The Bertz CT molecular complexity index is 836. The molecule has 5 nitrogen and oxygen atoms in total. The Morgan fingerprint density at radius 3 is 2.46 bits per heavy atom. The summed E-state index contributed by atoms with van der Waals surface area (Å²) in [5.74, 6) is 2.15. The summed E-state index contributed by atoms with van der Waals surface area (Å²) < 4.78 is 5.70. The molecule has 0 saturated carbocycles. The smallest absolute Gasteiger partial charge is 0.225 e. The predicted molar refractivity (Wildman–Crippen MR) is 107 cm³/mol. The Hall–Kier alpha value is -3.08.